The smallest absolute Gasteiger partial charge is 0.244 e. The van der Waals surface area contributed by atoms with Crippen LogP contribution in [0, 0.1) is 0 Å². The number of carbonyl (C=O) groups excluding carboxylic acids is 2. The maximum absolute atomic E-state index is 12.2. The molecule has 0 saturated heterocycles. The summed E-state index contributed by atoms with van der Waals surface area (Å²) in [5.41, 5.74) is 1.71. The normalized spacial score (nSPS) is 10.2. The highest BCUT2D eigenvalue weighted by Crippen LogP contribution is 2.24. The van der Waals surface area contributed by atoms with E-state index in [1.165, 1.54) is 4.90 Å². The third-order valence-electron chi connectivity index (χ3n) is 3.39. The Morgan fingerprint density at radius 1 is 1.04 bits per heavy atom. The predicted octanol–water partition coefficient (Wildman–Crippen LogP) is 3.05. The molecule has 0 fully saturated rings. The fraction of sp³-hybridized carbons (Fsp3) is 0.222. The molecule has 0 unspecified atom stereocenters. The first-order valence-corrected chi connectivity index (χ1v) is 8.53. The molecule has 4 nitrogen and oxygen atoms in total. The van der Waals surface area contributed by atoms with Crippen LogP contribution >= 0.6 is 11.8 Å². The molecule has 2 aromatic carbocycles. The third kappa shape index (κ3) is 5.14. The minimum atomic E-state index is -0.199. The Kier molecular flexibility index (Phi) is 6.23. The summed E-state index contributed by atoms with van der Waals surface area (Å²) in [5, 5.41) is 2.86. The van der Waals surface area contributed by atoms with Gasteiger partial charge in [-0.15, -0.1) is 11.8 Å². The van der Waals surface area contributed by atoms with Gasteiger partial charge in [0.1, 0.15) is 0 Å². The molecule has 1 N–H and O–H groups in total. The van der Waals surface area contributed by atoms with E-state index in [0.29, 0.717) is 6.42 Å². The largest absolute Gasteiger partial charge is 0.336 e. The lowest BCUT2D eigenvalue weighted by atomic mass is 10.1. The molecule has 2 rings (SSSR count). The highest BCUT2D eigenvalue weighted by Gasteiger charge is 2.14. The second-order valence-corrected chi connectivity index (χ2v) is 6.01. The zero-order valence-electron chi connectivity index (χ0n) is 13.3. The van der Waals surface area contributed by atoms with Crippen molar-refractivity contribution in [2.45, 2.75) is 11.3 Å². The average Bonchev–Trinajstić information content (AvgIpc) is 2.56. The van der Waals surface area contributed by atoms with E-state index in [9.17, 15) is 9.59 Å². The first kappa shape index (κ1) is 17.1. The molecule has 2 amide bonds. The van der Waals surface area contributed by atoms with Crippen LogP contribution in [0.5, 0.6) is 0 Å². The van der Waals surface area contributed by atoms with Crippen molar-refractivity contribution in [3.63, 3.8) is 0 Å². The Hall–Kier alpha value is -2.27. The van der Waals surface area contributed by atoms with E-state index in [1.807, 2.05) is 60.9 Å². The number of nitrogens with zero attached hydrogens (tertiary/aromatic N) is 1. The van der Waals surface area contributed by atoms with Gasteiger partial charge in [-0.1, -0.05) is 42.5 Å². The van der Waals surface area contributed by atoms with Gasteiger partial charge in [-0.05, 0) is 24.0 Å². The highest BCUT2D eigenvalue weighted by molar-refractivity contribution is 7.98. The van der Waals surface area contributed by atoms with Gasteiger partial charge in [0.15, 0.2) is 0 Å². The molecular formula is C18H20N2O2S. The Bertz CT molecular complexity index is 674. The second kappa shape index (κ2) is 8.39. The molecule has 0 radical (unpaired) electrons. The Morgan fingerprint density at radius 2 is 1.70 bits per heavy atom. The SMILES string of the molecule is CSc1ccccc1NC(=O)CN(C)C(=O)Cc1ccccc1. The second-order valence-electron chi connectivity index (χ2n) is 5.16. The minimum Gasteiger partial charge on any atom is -0.336 e. The van der Waals surface area contributed by atoms with Gasteiger partial charge in [-0.25, -0.2) is 0 Å². The molecule has 5 heteroatoms. The van der Waals surface area contributed by atoms with Gasteiger partial charge in [0.2, 0.25) is 11.8 Å². The fourth-order valence-electron chi connectivity index (χ4n) is 2.15. The number of benzene rings is 2. The van der Waals surface area contributed by atoms with E-state index in [0.717, 1.165) is 16.1 Å². The molecule has 0 saturated carbocycles. The zero-order chi connectivity index (χ0) is 16.7. The summed E-state index contributed by atoms with van der Waals surface area (Å²) in [4.78, 5) is 26.7. The van der Waals surface area contributed by atoms with Crippen LogP contribution in [0.15, 0.2) is 59.5 Å². The molecule has 0 spiro atoms. The van der Waals surface area contributed by atoms with Crippen molar-refractivity contribution in [3.8, 4) is 0 Å². The Morgan fingerprint density at radius 3 is 2.39 bits per heavy atom. The number of amides is 2. The van der Waals surface area contributed by atoms with Crippen LogP contribution in [-0.2, 0) is 16.0 Å². The number of hydrogen-bond donors (Lipinski definition) is 1. The van der Waals surface area contributed by atoms with Gasteiger partial charge in [-0.3, -0.25) is 9.59 Å². The quantitative estimate of drug-likeness (QED) is 0.829. The van der Waals surface area contributed by atoms with Crippen LogP contribution in [0.1, 0.15) is 5.56 Å². The number of anilines is 1. The lowest BCUT2D eigenvalue weighted by molar-refractivity contribution is -0.132. The van der Waals surface area contributed by atoms with Gasteiger partial charge < -0.3 is 10.2 Å². The molecule has 0 aliphatic heterocycles. The van der Waals surface area contributed by atoms with Crippen molar-refractivity contribution in [1.29, 1.82) is 0 Å². The highest BCUT2D eigenvalue weighted by atomic mass is 32.2. The molecule has 0 heterocycles. The Balaban J connectivity index is 1.90. The van der Waals surface area contributed by atoms with Gasteiger partial charge in [0.05, 0.1) is 18.7 Å². The van der Waals surface area contributed by atoms with Crippen LogP contribution in [-0.4, -0.2) is 36.6 Å². The van der Waals surface area contributed by atoms with Crippen molar-refractivity contribution in [3.05, 3.63) is 60.2 Å². The monoisotopic (exact) mass is 328 g/mol. The van der Waals surface area contributed by atoms with Crippen LogP contribution in [0.2, 0.25) is 0 Å². The van der Waals surface area contributed by atoms with E-state index in [-0.39, 0.29) is 18.4 Å². The number of hydrogen-bond acceptors (Lipinski definition) is 3. The number of likely N-dealkylation sites (N-methyl/N-ethyl adjacent to an activating group) is 1. The van der Waals surface area contributed by atoms with Crippen molar-refractivity contribution >= 4 is 29.3 Å². The topological polar surface area (TPSA) is 49.4 Å². The summed E-state index contributed by atoms with van der Waals surface area (Å²) in [6.45, 7) is 0.0361. The van der Waals surface area contributed by atoms with E-state index in [4.69, 9.17) is 0 Å². The van der Waals surface area contributed by atoms with Crippen LogP contribution in [0.4, 0.5) is 5.69 Å². The molecule has 120 valence electrons. The number of thioether (sulfide) groups is 1. The van der Waals surface area contributed by atoms with E-state index in [2.05, 4.69) is 5.32 Å². The molecule has 0 aromatic heterocycles. The predicted molar refractivity (Wildman–Crippen MR) is 94.6 cm³/mol. The molecule has 0 aliphatic rings. The fourth-order valence-corrected chi connectivity index (χ4v) is 2.70. The van der Waals surface area contributed by atoms with E-state index < -0.39 is 0 Å². The van der Waals surface area contributed by atoms with Crippen LogP contribution < -0.4 is 5.32 Å². The summed E-state index contributed by atoms with van der Waals surface area (Å²) < 4.78 is 0. The maximum Gasteiger partial charge on any atom is 0.244 e. The molecule has 0 bridgehead atoms. The van der Waals surface area contributed by atoms with E-state index in [1.54, 1.807) is 18.8 Å². The van der Waals surface area contributed by atoms with Crippen molar-refractivity contribution in [2.75, 3.05) is 25.2 Å². The summed E-state index contributed by atoms with van der Waals surface area (Å²) >= 11 is 1.57. The van der Waals surface area contributed by atoms with Gasteiger partial charge >= 0.3 is 0 Å². The number of para-hydroxylation sites is 1. The number of nitrogens with one attached hydrogen (secondary N) is 1. The first-order valence-electron chi connectivity index (χ1n) is 7.31. The zero-order valence-corrected chi connectivity index (χ0v) is 14.1. The molecule has 2 aromatic rings. The van der Waals surface area contributed by atoms with Gasteiger partial charge in [-0.2, -0.15) is 0 Å². The molecule has 23 heavy (non-hydrogen) atoms. The summed E-state index contributed by atoms with van der Waals surface area (Å²) in [5.74, 6) is -0.278. The first-order chi connectivity index (χ1) is 11.1. The van der Waals surface area contributed by atoms with Crippen molar-refractivity contribution < 1.29 is 9.59 Å². The van der Waals surface area contributed by atoms with E-state index >= 15 is 0 Å². The van der Waals surface area contributed by atoms with Crippen LogP contribution in [0.3, 0.4) is 0 Å². The molecular weight excluding hydrogens is 308 g/mol. The molecule has 0 atom stereocenters. The lowest BCUT2D eigenvalue weighted by Gasteiger charge is -2.17. The number of carbonyl (C=O) groups is 2. The Labute approximate surface area is 140 Å². The lowest BCUT2D eigenvalue weighted by Crippen LogP contribution is -2.35. The van der Waals surface area contributed by atoms with Gasteiger partial charge in [0, 0.05) is 11.9 Å². The van der Waals surface area contributed by atoms with Gasteiger partial charge in [0.25, 0.3) is 0 Å². The standard InChI is InChI=1S/C18H20N2O2S/c1-20(18(22)12-14-8-4-3-5-9-14)13-17(21)19-15-10-6-7-11-16(15)23-2/h3-11H,12-13H2,1-2H3,(H,19,21). The maximum atomic E-state index is 12.2. The minimum absolute atomic E-state index is 0.0361. The summed E-state index contributed by atoms with van der Waals surface area (Å²) in [6.07, 6.45) is 2.26. The summed E-state index contributed by atoms with van der Waals surface area (Å²) in [7, 11) is 1.64. The summed E-state index contributed by atoms with van der Waals surface area (Å²) in [6, 6.07) is 17.1. The average molecular weight is 328 g/mol. The van der Waals surface area contributed by atoms with Crippen LogP contribution in [0.25, 0.3) is 0 Å². The third-order valence-corrected chi connectivity index (χ3v) is 4.18. The number of rotatable bonds is 6. The molecule has 0 aliphatic carbocycles. The van der Waals surface area contributed by atoms with Crippen molar-refractivity contribution in [2.24, 2.45) is 0 Å². The van der Waals surface area contributed by atoms with Crippen molar-refractivity contribution in [1.82, 2.24) is 4.90 Å².